The van der Waals surface area contributed by atoms with Gasteiger partial charge in [0.25, 0.3) is 0 Å². The summed E-state index contributed by atoms with van der Waals surface area (Å²) in [6.45, 7) is 5.64. The highest BCUT2D eigenvalue weighted by Crippen LogP contribution is 2.24. The lowest BCUT2D eigenvalue weighted by Gasteiger charge is -2.42. The van der Waals surface area contributed by atoms with Gasteiger partial charge in [-0.2, -0.15) is 0 Å². The third-order valence-corrected chi connectivity index (χ3v) is 2.96. The van der Waals surface area contributed by atoms with Crippen molar-refractivity contribution < 1.29 is 24.5 Å². The molecule has 0 bridgehead atoms. The molecule has 1 rings (SSSR count). The number of amides is 1. The van der Waals surface area contributed by atoms with Crippen LogP contribution in [0.4, 0.5) is 0 Å². The highest BCUT2D eigenvalue weighted by molar-refractivity contribution is 5.73. The van der Waals surface area contributed by atoms with E-state index in [9.17, 15) is 15.0 Å². The minimum atomic E-state index is -1.09. The van der Waals surface area contributed by atoms with Gasteiger partial charge in [-0.15, -0.1) is 0 Å². The van der Waals surface area contributed by atoms with E-state index in [1.54, 1.807) is 0 Å². The Morgan fingerprint density at radius 1 is 1.33 bits per heavy atom. The number of aliphatic hydroxyl groups is 2. The van der Waals surface area contributed by atoms with Crippen LogP contribution in [0.25, 0.3) is 0 Å². The van der Waals surface area contributed by atoms with Gasteiger partial charge >= 0.3 is 0 Å². The number of rotatable bonds is 5. The Morgan fingerprint density at radius 2 is 2.00 bits per heavy atom. The fourth-order valence-electron chi connectivity index (χ4n) is 2.03. The molecule has 0 spiro atoms. The maximum Gasteiger partial charge on any atom is 0.217 e. The average Bonchev–Trinajstić information content (AvgIpc) is 2.33. The second-order valence-corrected chi connectivity index (χ2v) is 4.53. The van der Waals surface area contributed by atoms with Crippen molar-refractivity contribution >= 4 is 5.91 Å². The molecule has 0 aromatic heterocycles. The van der Waals surface area contributed by atoms with Gasteiger partial charge in [0.2, 0.25) is 5.91 Å². The number of aliphatic hydroxyl groups excluding tert-OH is 2. The highest BCUT2D eigenvalue weighted by Gasteiger charge is 2.44. The normalized spacial score (nSPS) is 36.4. The maximum absolute atomic E-state index is 11.1. The molecule has 1 saturated heterocycles. The number of hydrogen-bond donors (Lipinski definition) is 3. The lowest BCUT2D eigenvalue weighted by atomic mass is 9.95. The molecule has 1 aliphatic heterocycles. The Kier molecular flexibility index (Phi) is 6.01. The molecule has 5 atom stereocenters. The van der Waals surface area contributed by atoms with Crippen molar-refractivity contribution in [2.75, 3.05) is 6.61 Å². The van der Waals surface area contributed by atoms with Gasteiger partial charge in [0.05, 0.1) is 6.10 Å². The first-order valence-electron chi connectivity index (χ1n) is 6.41. The van der Waals surface area contributed by atoms with Gasteiger partial charge in [-0.25, -0.2) is 0 Å². The second kappa shape index (κ2) is 7.04. The van der Waals surface area contributed by atoms with Crippen LogP contribution in [0.15, 0.2) is 0 Å². The van der Waals surface area contributed by atoms with E-state index in [0.717, 1.165) is 6.42 Å². The van der Waals surface area contributed by atoms with Gasteiger partial charge in [-0.05, 0) is 12.8 Å². The van der Waals surface area contributed by atoms with Crippen LogP contribution in [0.3, 0.4) is 0 Å². The molecule has 6 nitrogen and oxygen atoms in total. The standard InChI is InChI=1S/C12H23NO5/c1-4-6-17-12-9(13-7(3)14)11(16)10(15)8(5-2)18-12/h8-12,15-16H,4-6H2,1-3H3,(H,13,14)/t8?,9?,10-,11+,12+/m0/s1. The van der Waals surface area contributed by atoms with Crippen molar-refractivity contribution in [3.8, 4) is 0 Å². The van der Waals surface area contributed by atoms with E-state index < -0.39 is 30.6 Å². The third-order valence-electron chi connectivity index (χ3n) is 2.96. The molecule has 1 heterocycles. The van der Waals surface area contributed by atoms with Crippen molar-refractivity contribution in [1.82, 2.24) is 5.32 Å². The molecule has 1 fully saturated rings. The molecular weight excluding hydrogens is 238 g/mol. The minimum absolute atomic E-state index is 0.296. The molecule has 3 N–H and O–H groups in total. The van der Waals surface area contributed by atoms with Gasteiger partial charge in [0, 0.05) is 13.5 Å². The van der Waals surface area contributed by atoms with Crippen molar-refractivity contribution in [3.05, 3.63) is 0 Å². The first kappa shape index (κ1) is 15.4. The van der Waals surface area contributed by atoms with Crippen LogP contribution < -0.4 is 5.32 Å². The van der Waals surface area contributed by atoms with Gasteiger partial charge in [-0.3, -0.25) is 4.79 Å². The van der Waals surface area contributed by atoms with Crippen LogP contribution in [0, 0.1) is 0 Å². The second-order valence-electron chi connectivity index (χ2n) is 4.53. The Morgan fingerprint density at radius 3 is 2.50 bits per heavy atom. The van der Waals surface area contributed by atoms with Gasteiger partial charge in [0.1, 0.15) is 18.2 Å². The molecule has 0 aromatic carbocycles. The van der Waals surface area contributed by atoms with Crippen LogP contribution in [0.5, 0.6) is 0 Å². The molecule has 18 heavy (non-hydrogen) atoms. The quantitative estimate of drug-likeness (QED) is 0.636. The highest BCUT2D eigenvalue weighted by atomic mass is 16.7. The van der Waals surface area contributed by atoms with Crippen molar-refractivity contribution in [1.29, 1.82) is 0 Å². The molecule has 1 aliphatic rings. The lowest BCUT2D eigenvalue weighted by Crippen LogP contribution is -2.63. The molecule has 0 aliphatic carbocycles. The fraction of sp³-hybridized carbons (Fsp3) is 0.917. The summed E-state index contributed by atoms with van der Waals surface area (Å²) in [4.78, 5) is 11.1. The zero-order valence-electron chi connectivity index (χ0n) is 11.1. The average molecular weight is 261 g/mol. The number of carbonyl (C=O) groups excluding carboxylic acids is 1. The molecule has 0 saturated carbocycles. The van der Waals surface area contributed by atoms with Crippen LogP contribution in [0.2, 0.25) is 0 Å². The van der Waals surface area contributed by atoms with E-state index in [4.69, 9.17) is 9.47 Å². The Balaban J connectivity index is 2.76. The molecule has 1 amide bonds. The molecule has 6 heteroatoms. The first-order valence-corrected chi connectivity index (χ1v) is 6.41. The first-order chi connectivity index (χ1) is 8.51. The van der Waals surface area contributed by atoms with Gasteiger partial charge < -0.3 is 25.0 Å². The predicted octanol–water partition coefficient (Wildman–Crippen LogP) is -0.226. The maximum atomic E-state index is 11.1. The van der Waals surface area contributed by atoms with E-state index in [-0.39, 0.29) is 5.91 Å². The molecular formula is C12H23NO5. The van der Waals surface area contributed by atoms with Crippen molar-refractivity contribution in [2.45, 2.75) is 64.3 Å². The number of hydrogen-bond acceptors (Lipinski definition) is 5. The minimum Gasteiger partial charge on any atom is -0.388 e. The molecule has 0 radical (unpaired) electrons. The Hall–Kier alpha value is -0.690. The zero-order valence-corrected chi connectivity index (χ0v) is 11.1. The summed E-state index contributed by atoms with van der Waals surface area (Å²) in [5, 5.41) is 22.5. The fourth-order valence-corrected chi connectivity index (χ4v) is 2.03. The topological polar surface area (TPSA) is 88.0 Å². The Labute approximate surface area is 107 Å². The Bertz CT molecular complexity index is 273. The number of carbonyl (C=O) groups is 1. The smallest absolute Gasteiger partial charge is 0.217 e. The van der Waals surface area contributed by atoms with E-state index >= 15 is 0 Å². The zero-order chi connectivity index (χ0) is 13.7. The van der Waals surface area contributed by atoms with E-state index in [1.807, 2.05) is 13.8 Å². The van der Waals surface area contributed by atoms with Crippen molar-refractivity contribution in [2.24, 2.45) is 0 Å². The van der Waals surface area contributed by atoms with Crippen LogP contribution >= 0.6 is 0 Å². The van der Waals surface area contributed by atoms with Crippen LogP contribution in [0.1, 0.15) is 33.6 Å². The third kappa shape index (κ3) is 3.65. The summed E-state index contributed by atoms with van der Waals surface area (Å²) in [6, 6.07) is -0.744. The number of ether oxygens (including phenoxy) is 2. The SMILES string of the molecule is CCCO[C@@H]1OC(CC)[C@H](O)[C@H](O)C1NC(C)=O. The summed E-state index contributed by atoms with van der Waals surface area (Å²) >= 11 is 0. The molecule has 0 aromatic rings. The summed E-state index contributed by atoms with van der Waals surface area (Å²) in [5.74, 6) is -0.296. The molecule has 106 valence electrons. The summed E-state index contributed by atoms with van der Waals surface area (Å²) in [7, 11) is 0. The number of nitrogens with one attached hydrogen (secondary N) is 1. The monoisotopic (exact) mass is 261 g/mol. The summed E-state index contributed by atoms with van der Waals surface area (Å²) < 4.78 is 11.1. The van der Waals surface area contributed by atoms with Crippen LogP contribution in [-0.2, 0) is 14.3 Å². The predicted molar refractivity (Wildman–Crippen MR) is 64.8 cm³/mol. The lowest BCUT2D eigenvalue weighted by molar-refractivity contribution is -0.264. The van der Waals surface area contributed by atoms with E-state index in [0.29, 0.717) is 13.0 Å². The van der Waals surface area contributed by atoms with E-state index in [1.165, 1.54) is 6.92 Å². The largest absolute Gasteiger partial charge is 0.388 e. The van der Waals surface area contributed by atoms with Crippen LogP contribution in [-0.4, -0.2) is 53.4 Å². The van der Waals surface area contributed by atoms with Gasteiger partial charge in [0.15, 0.2) is 6.29 Å². The van der Waals surface area contributed by atoms with Crippen molar-refractivity contribution in [3.63, 3.8) is 0 Å². The van der Waals surface area contributed by atoms with Gasteiger partial charge in [-0.1, -0.05) is 13.8 Å². The summed E-state index contributed by atoms with van der Waals surface area (Å²) in [5.41, 5.74) is 0. The summed E-state index contributed by atoms with van der Waals surface area (Å²) in [6.07, 6.45) is -1.94. The molecule has 2 unspecified atom stereocenters. The van der Waals surface area contributed by atoms with E-state index in [2.05, 4.69) is 5.32 Å².